The van der Waals surface area contributed by atoms with Gasteiger partial charge in [0.05, 0.1) is 13.6 Å². The van der Waals surface area contributed by atoms with Gasteiger partial charge in [-0.1, -0.05) is 61.2 Å². The monoisotopic (exact) mass is 300 g/mol. The molecule has 114 valence electrons. The van der Waals surface area contributed by atoms with Gasteiger partial charge in [-0.3, -0.25) is 0 Å². The van der Waals surface area contributed by atoms with Gasteiger partial charge in [-0.25, -0.2) is 0 Å². The Morgan fingerprint density at radius 2 is 1.74 bits per heavy atom. The van der Waals surface area contributed by atoms with E-state index in [2.05, 4.69) is 74.3 Å². The molecule has 1 heterocycles. The molecule has 0 unspecified atom stereocenters. The van der Waals surface area contributed by atoms with E-state index in [1.807, 2.05) is 6.08 Å². The van der Waals surface area contributed by atoms with Crippen molar-refractivity contribution in [2.45, 2.75) is 13.1 Å². The highest BCUT2D eigenvalue weighted by Gasteiger charge is 2.33. The molecule has 0 N–H and O–H groups in total. The summed E-state index contributed by atoms with van der Waals surface area (Å²) < 4.78 is 1.02. The van der Waals surface area contributed by atoms with Gasteiger partial charge in [0.1, 0.15) is 13.1 Å². The van der Waals surface area contributed by atoms with Gasteiger partial charge in [0.15, 0.2) is 0 Å². The van der Waals surface area contributed by atoms with Crippen LogP contribution < -0.4 is 0 Å². The molecule has 1 heteroatoms. The Morgan fingerprint density at radius 1 is 1.00 bits per heavy atom. The Morgan fingerprint density at radius 3 is 2.52 bits per heavy atom. The lowest BCUT2D eigenvalue weighted by molar-refractivity contribution is -0.923. The Hall–Kier alpha value is -2.38. The quantitative estimate of drug-likeness (QED) is 0.463. The largest absolute Gasteiger partial charge is 0.315 e. The first-order chi connectivity index (χ1) is 11.2. The predicted molar refractivity (Wildman–Crippen MR) is 98.0 cm³/mol. The van der Waals surface area contributed by atoms with Gasteiger partial charge >= 0.3 is 0 Å². The van der Waals surface area contributed by atoms with E-state index in [-0.39, 0.29) is 0 Å². The smallest absolute Gasteiger partial charge is 0.106 e. The van der Waals surface area contributed by atoms with Crippen LogP contribution in [0.4, 0.5) is 0 Å². The van der Waals surface area contributed by atoms with E-state index in [0.717, 1.165) is 24.1 Å². The molecule has 1 aliphatic rings. The molecule has 1 atom stereocenters. The summed E-state index contributed by atoms with van der Waals surface area (Å²) in [4.78, 5) is 0. The molecule has 4 rings (SSSR count). The van der Waals surface area contributed by atoms with E-state index >= 15 is 0 Å². The molecule has 23 heavy (non-hydrogen) atoms. The minimum absolute atomic E-state index is 1.01. The summed E-state index contributed by atoms with van der Waals surface area (Å²) in [6, 6.07) is 22.0. The molecule has 0 amide bonds. The van der Waals surface area contributed by atoms with Crippen LogP contribution in [-0.2, 0) is 13.1 Å². The normalized spacial score (nSPS) is 19.7. The third-order valence-electron chi connectivity index (χ3n) is 4.97. The van der Waals surface area contributed by atoms with E-state index in [1.54, 1.807) is 0 Å². The molecule has 0 spiro atoms. The van der Waals surface area contributed by atoms with Crippen LogP contribution in [0.2, 0.25) is 0 Å². The van der Waals surface area contributed by atoms with E-state index in [9.17, 15) is 0 Å². The molecule has 0 fully saturated rings. The summed E-state index contributed by atoms with van der Waals surface area (Å²) in [6.45, 7) is 7.13. The van der Waals surface area contributed by atoms with Crippen LogP contribution in [0.15, 0.2) is 73.3 Å². The van der Waals surface area contributed by atoms with Crippen molar-refractivity contribution in [3.8, 4) is 11.1 Å². The number of hydrogen-bond donors (Lipinski definition) is 0. The second-order valence-electron chi connectivity index (χ2n) is 6.88. The fourth-order valence-corrected chi connectivity index (χ4v) is 3.99. The third kappa shape index (κ3) is 2.38. The molecule has 1 nitrogen and oxygen atoms in total. The molecule has 0 bridgehead atoms. The molecule has 0 aliphatic carbocycles. The molecule has 3 aromatic rings. The van der Waals surface area contributed by atoms with Crippen LogP contribution in [0.1, 0.15) is 11.1 Å². The van der Waals surface area contributed by atoms with Crippen LogP contribution in [0.3, 0.4) is 0 Å². The number of hydrogen-bond acceptors (Lipinski definition) is 0. The highest BCUT2D eigenvalue weighted by Crippen LogP contribution is 2.40. The van der Waals surface area contributed by atoms with Crippen LogP contribution in [0, 0.1) is 0 Å². The first-order valence-corrected chi connectivity index (χ1v) is 8.23. The van der Waals surface area contributed by atoms with Gasteiger partial charge in [0.25, 0.3) is 0 Å². The SMILES string of the molecule is C=CC[N@@+]1(C)Cc2cc3ccccc3c(-c3ccccc3)c2C1. The van der Waals surface area contributed by atoms with Gasteiger partial charge in [-0.05, 0) is 34.0 Å². The van der Waals surface area contributed by atoms with Crippen LogP contribution in [0.5, 0.6) is 0 Å². The number of nitrogens with zero attached hydrogens (tertiary/aromatic N) is 1. The highest BCUT2D eigenvalue weighted by molar-refractivity contribution is 5.99. The summed E-state index contributed by atoms with van der Waals surface area (Å²) in [5, 5.41) is 2.71. The lowest BCUT2D eigenvalue weighted by Crippen LogP contribution is -2.38. The first kappa shape index (κ1) is 14.2. The summed E-state index contributed by atoms with van der Waals surface area (Å²) in [6.07, 6.45) is 2.05. The number of likely N-dealkylation sites (N-methyl/N-ethyl adjacent to an activating group) is 1. The maximum absolute atomic E-state index is 3.95. The third-order valence-corrected chi connectivity index (χ3v) is 4.97. The van der Waals surface area contributed by atoms with E-state index in [4.69, 9.17) is 0 Å². The van der Waals surface area contributed by atoms with Gasteiger partial charge in [0.2, 0.25) is 0 Å². The first-order valence-electron chi connectivity index (χ1n) is 8.23. The Balaban J connectivity index is 2.00. The van der Waals surface area contributed by atoms with Gasteiger partial charge in [0, 0.05) is 11.1 Å². The maximum Gasteiger partial charge on any atom is 0.106 e. The average molecular weight is 300 g/mol. The summed E-state index contributed by atoms with van der Waals surface area (Å²) in [5.74, 6) is 0. The minimum Gasteiger partial charge on any atom is -0.315 e. The van der Waals surface area contributed by atoms with Crippen molar-refractivity contribution in [1.82, 2.24) is 0 Å². The summed E-state index contributed by atoms with van der Waals surface area (Å²) >= 11 is 0. The molecule has 0 saturated heterocycles. The maximum atomic E-state index is 3.95. The standard InChI is InChI=1S/C22H22N/c1-3-13-23(2)15-19-14-18-11-7-8-12-20(18)22(21(19)16-23)17-9-5-4-6-10-17/h3-12,14H,1,13,15-16H2,2H3/q+1/t23-/m0/s1. The summed E-state index contributed by atoms with van der Waals surface area (Å²) in [7, 11) is 2.33. The summed E-state index contributed by atoms with van der Waals surface area (Å²) in [5.41, 5.74) is 5.75. The Bertz CT molecular complexity index is 879. The number of benzene rings is 3. The van der Waals surface area contributed by atoms with Crippen molar-refractivity contribution in [3.63, 3.8) is 0 Å². The molecular formula is C22H22N+. The Kier molecular flexibility index (Phi) is 3.32. The van der Waals surface area contributed by atoms with Crippen LogP contribution in [-0.4, -0.2) is 18.1 Å². The number of fused-ring (bicyclic) bond motifs is 2. The van der Waals surface area contributed by atoms with Crippen LogP contribution in [0.25, 0.3) is 21.9 Å². The average Bonchev–Trinajstić information content (AvgIpc) is 2.89. The fraction of sp³-hybridized carbons (Fsp3) is 0.182. The van der Waals surface area contributed by atoms with Crippen molar-refractivity contribution in [2.24, 2.45) is 0 Å². The molecular weight excluding hydrogens is 278 g/mol. The van der Waals surface area contributed by atoms with E-state index in [1.165, 1.54) is 33.0 Å². The van der Waals surface area contributed by atoms with Gasteiger partial charge < -0.3 is 4.48 Å². The highest BCUT2D eigenvalue weighted by atomic mass is 15.3. The van der Waals surface area contributed by atoms with Gasteiger partial charge in [-0.2, -0.15) is 0 Å². The molecule has 1 aliphatic heterocycles. The van der Waals surface area contributed by atoms with Gasteiger partial charge in [-0.15, -0.1) is 0 Å². The zero-order chi connectivity index (χ0) is 15.9. The van der Waals surface area contributed by atoms with E-state index in [0.29, 0.717) is 0 Å². The fourth-order valence-electron chi connectivity index (χ4n) is 3.99. The zero-order valence-corrected chi connectivity index (χ0v) is 13.6. The molecule has 0 radical (unpaired) electrons. The molecule has 0 saturated carbocycles. The second kappa shape index (κ2) is 5.36. The number of rotatable bonds is 3. The second-order valence-corrected chi connectivity index (χ2v) is 6.88. The van der Waals surface area contributed by atoms with E-state index < -0.39 is 0 Å². The molecule has 0 aromatic heterocycles. The topological polar surface area (TPSA) is 0 Å². The molecule has 3 aromatic carbocycles. The predicted octanol–water partition coefficient (Wildman–Crippen LogP) is 5.15. The van der Waals surface area contributed by atoms with Crippen molar-refractivity contribution < 1.29 is 4.48 Å². The lowest BCUT2D eigenvalue weighted by atomic mass is 9.91. The zero-order valence-electron chi connectivity index (χ0n) is 13.6. The lowest BCUT2D eigenvalue weighted by Gasteiger charge is -2.27. The van der Waals surface area contributed by atoms with Crippen LogP contribution >= 0.6 is 0 Å². The van der Waals surface area contributed by atoms with Crippen molar-refractivity contribution in [2.75, 3.05) is 13.6 Å². The van der Waals surface area contributed by atoms with Crippen molar-refractivity contribution >= 4 is 10.8 Å². The van der Waals surface area contributed by atoms with Crippen molar-refractivity contribution in [3.05, 3.63) is 84.4 Å². The van der Waals surface area contributed by atoms with Crippen molar-refractivity contribution in [1.29, 1.82) is 0 Å². The minimum atomic E-state index is 1.01. The number of quaternary nitrogens is 1. The Labute approximate surface area is 138 Å².